The lowest BCUT2D eigenvalue weighted by Crippen LogP contribution is -2.00. The first-order valence-electron chi connectivity index (χ1n) is 4.21. The maximum absolute atomic E-state index is 5.75. The number of rotatable bonds is 2. The molecule has 1 aromatic carbocycles. The van der Waals surface area contributed by atoms with Gasteiger partial charge in [-0.3, -0.25) is 0 Å². The van der Waals surface area contributed by atoms with Crippen LogP contribution in [0.3, 0.4) is 0 Å². The van der Waals surface area contributed by atoms with Crippen molar-refractivity contribution in [1.82, 2.24) is 0 Å². The number of hydrogen-bond acceptors (Lipinski definition) is 2. The van der Waals surface area contributed by atoms with E-state index >= 15 is 0 Å². The van der Waals surface area contributed by atoms with Gasteiger partial charge in [-0.05, 0) is 24.1 Å². The van der Waals surface area contributed by atoms with Crippen LogP contribution in [0, 0.1) is 0 Å². The van der Waals surface area contributed by atoms with Crippen LogP contribution in [0.2, 0.25) is 0 Å². The van der Waals surface area contributed by atoms with E-state index in [0.717, 1.165) is 12.2 Å². The lowest BCUT2D eigenvalue weighted by atomic mass is 10.1. The van der Waals surface area contributed by atoms with Crippen molar-refractivity contribution in [3.63, 3.8) is 0 Å². The third-order valence-corrected chi connectivity index (χ3v) is 2.36. The Bertz CT molecular complexity index is 290. The molecule has 13 heavy (non-hydrogen) atoms. The lowest BCUT2D eigenvalue weighted by Gasteiger charge is -2.02. The summed E-state index contributed by atoms with van der Waals surface area (Å²) in [5.41, 5.74) is 7.06. The van der Waals surface area contributed by atoms with Gasteiger partial charge in [0.1, 0.15) is 5.75 Å². The lowest BCUT2D eigenvalue weighted by molar-refractivity contribution is 0.414. The number of hydrogen-bond donors (Lipinski definition) is 1. The van der Waals surface area contributed by atoms with Gasteiger partial charge in [0.15, 0.2) is 0 Å². The monoisotopic (exact) mass is 199 g/mol. The van der Waals surface area contributed by atoms with Gasteiger partial charge in [0.2, 0.25) is 0 Å². The van der Waals surface area contributed by atoms with Gasteiger partial charge in [-0.2, -0.15) is 0 Å². The van der Waals surface area contributed by atoms with Crippen molar-refractivity contribution in [2.45, 2.75) is 18.4 Å². The van der Waals surface area contributed by atoms with Gasteiger partial charge < -0.3 is 10.5 Å². The number of halogens is 1. The molecule has 1 aliphatic rings. The Morgan fingerprint density at radius 3 is 2.69 bits per heavy atom. The van der Waals surface area contributed by atoms with E-state index < -0.39 is 0 Å². The fourth-order valence-electron chi connectivity index (χ4n) is 1.47. The van der Waals surface area contributed by atoms with E-state index in [-0.39, 0.29) is 12.4 Å². The van der Waals surface area contributed by atoms with Gasteiger partial charge in [0, 0.05) is 12.0 Å². The Balaban J connectivity index is 0.000000845. The summed E-state index contributed by atoms with van der Waals surface area (Å²) in [5.74, 6) is 1.49. The van der Waals surface area contributed by atoms with Crippen molar-refractivity contribution in [2.24, 2.45) is 5.73 Å². The molecular formula is C10H14ClNO. The van der Waals surface area contributed by atoms with Crippen molar-refractivity contribution in [3.8, 4) is 5.75 Å². The molecule has 2 atom stereocenters. The second-order valence-corrected chi connectivity index (χ2v) is 3.28. The molecule has 0 aliphatic heterocycles. The van der Waals surface area contributed by atoms with E-state index in [1.807, 2.05) is 12.1 Å². The van der Waals surface area contributed by atoms with Gasteiger partial charge in [-0.1, -0.05) is 12.1 Å². The Labute approximate surface area is 84.5 Å². The molecule has 3 heteroatoms. The summed E-state index contributed by atoms with van der Waals surface area (Å²) in [7, 11) is 1.69. The second-order valence-electron chi connectivity index (χ2n) is 3.28. The number of methoxy groups -OCH3 is 1. The summed E-state index contributed by atoms with van der Waals surface area (Å²) in [6.07, 6.45) is 1.12. The number of nitrogens with two attached hydrogens (primary N) is 1. The van der Waals surface area contributed by atoms with Crippen LogP contribution in [0.4, 0.5) is 0 Å². The highest BCUT2D eigenvalue weighted by Gasteiger charge is 2.34. The zero-order valence-electron chi connectivity index (χ0n) is 7.57. The van der Waals surface area contributed by atoms with Crippen molar-refractivity contribution in [1.29, 1.82) is 0 Å². The van der Waals surface area contributed by atoms with Gasteiger partial charge in [0.25, 0.3) is 0 Å². The zero-order valence-corrected chi connectivity index (χ0v) is 8.38. The molecule has 1 saturated carbocycles. The summed E-state index contributed by atoms with van der Waals surface area (Å²) in [6.45, 7) is 0. The van der Waals surface area contributed by atoms with E-state index in [4.69, 9.17) is 10.5 Å². The Kier molecular flexibility index (Phi) is 3.17. The molecule has 1 fully saturated rings. The van der Waals surface area contributed by atoms with Gasteiger partial charge >= 0.3 is 0 Å². The molecule has 72 valence electrons. The standard InChI is InChI=1S/C10H13NO.ClH/c1-12-8-4-2-3-7(5-8)9-6-10(9)11;/h2-5,9-10H,6,11H2,1H3;1H/t9?,10-;/m0./s1. The van der Waals surface area contributed by atoms with Gasteiger partial charge in [0.05, 0.1) is 7.11 Å². The van der Waals surface area contributed by atoms with Crippen LogP contribution < -0.4 is 10.5 Å². The molecule has 0 heterocycles. The molecule has 0 bridgehead atoms. The third kappa shape index (κ3) is 2.14. The Morgan fingerprint density at radius 2 is 2.15 bits per heavy atom. The summed E-state index contributed by atoms with van der Waals surface area (Å²) in [6, 6.07) is 8.52. The number of ether oxygens (including phenoxy) is 1. The minimum atomic E-state index is 0. The quantitative estimate of drug-likeness (QED) is 0.790. The summed E-state index contributed by atoms with van der Waals surface area (Å²) >= 11 is 0. The minimum absolute atomic E-state index is 0. The third-order valence-electron chi connectivity index (χ3n) is 2.36. The largest absolute Gasteiger partial charge is 0.497 e. The first-order valence-corrected chi connectivity index (χ1v) is 4.21. The normalized spacial score (nSPS) is 24.8. The first kappa shape index (κ1) is 10.4. The van der Waals surface area contributed by atoms with Crippen molar-refractivity contribution in [3.05, 3.63) is 29.8 Å². The van der Waals surface area contributed by atoms with Crippen molar-refractivity contribution >= 4 is 12.4 Å². The second kappa shape index (κ2) is 3.99. The topological polar surface area (TPSA) is 35.2 Å². The molecule has 2 rings (SSSR count). The van der Waals surface area contributed by atoms with Crippen LogP contribution in [-0.2, 0) is 0 Å². The minimum Gasteiger partial charge on any atom is -0.497 e. The molecule has 0 spiro atoms. The van der Waals surface area contributed by atoms with Crippen LogP contribution in [-0.4, -0.2) is 13.2 Å². The maximum atomic E-state index is 5.75. The molecule has 0 radical (unpaired) electrons. The molecule has 2 nitrogen and oxygen atoms in total. The first-order chi connectivity index (χ1) is 5.81. The molecule has 0 saturated heterocycles. The van der Waals surface area contributed by atoms with Crippen LogP contribution in [0.25, 0.3) is 0 Å². The van der Waals surface area contributed by atoms with E-state index in [1.54, 1.807) is 7.11 Å². The summed E-state index contributed by atoms with van der Waals surface area (Å²) in [4.78, 5) is 0. The summed E-state index contributed by atoms with van der Waals surface area (Å²) < 4.78 is 5.13. The predicted octanol–water partition coefficient (Wildman–Crippen LogP) is 1.93. The van der Waals surface area contributed by atoms with Crippen LogP contribution in [0.5, 0.6) is 5.75 Å². The number of benzene rings is 1. The molecule has 1 unspecified atom stereocenters. The van der Waals surface area contributed by atoms with Crippen molar-refractivity contribution in [2.75, 3.05) is 7.11 Å². The zero-order chi connectivity index (χ0) is 8.55. The van der Waals surface area contributed by atoms with Crippen LogP contribution in [0.15, 0.2) is 24.3 Å². The predicted molar refractivity (Wildman–Crippen MR) is 55.6 cm³/mol. The van der Waals surface area contributed by atoms with Crippen LogP contribution in [0.1, 0.15) is 17.9 Å². The van der Waals surface area contributed by atoms with E-state index in [2.05, 4.69) is 12.1 Å². The average molecular weight is 200 g/mol. The molecule has 0 aromatic heterocycles. The van der Waals surface area contributed by atoms with Crippen molar-refractivity contribution < 1.29 is 4.74 Å². The van der Waals surface area contributed by atoms with Crippen LogP contribution >= 0.6 is 12.4 Å². The SMILES string of the molecule is COc1cccc(C2C[C@@H]2N)c1.Cl. The molecular weight excluding hydrogens is 186 g/mol. The van der Waals surface area contributed by atoms with E-state index in [0.29, 0.717) is 12.0 Å². The van der Waals surface area contributed by atoms with E-state index in [1.165, 1.54) is 5.56 Å². The Morgan fingerprint density at radius 1 is 1.46 bits per heavy atom. The smallest absolute Gasteiger partial charge is 0.119 e. The molecule has 2 N–H and O–H groups in total. The highest BCUT2D eigenvalue weighted by Crippen LogP contribution is 2.39. The molecule has 0 amide bonds. The highest BCUT2D eigenvalue weighted by molar-refractivity contribution is 5.85. The fraction of sp³-hybridized carbons (Fsp3) is 0.400. The van der Waals surface area contributed by atoms with Gasteiger partial charge in [-0.25, -0.2) is 0 Å². The van der Waals surface area contributed by atoms with Gasteiger partial charge in [-0.15, -0.1) is 12.4 Å². The fourth-order valence-corrected chi connectivity index (χ4v) is 1.47. The van der Waals surface area contributed by atoms with E-state index in [9.17, 15) is 0 Å². The maximum Gasteiger partial charge on any atom is 0.119 e. The summed E-state index contributed by atoms with van der Waals surface area (Å²) in [5, 5.41) is 0. The highest BCUT2D eigenvalue weighted by atomic mass is 35.5. The molecule has 1 aromatic rings. The Hall–Kier alpha value is -0.730. The molecule has 1 aliphatic carbocycles. The average Bonchev–Trinajstić information content (AvgIpc) is 2.83.